The van der Waals surface area contributed by atoms with Crippen molar-refractivity contribution >= 4 is 5.82 Å². The first-order chi connectivity index (χ1) is 5.66. The molecule has 66 valence electrons. The van der Waals surface area contributed by atoms with Crippen LogP contribution in [0, 0.1) is 6.92 Å². The lowest BCUT2D eigenvalue weighted by molar-refractivity contribution is 0.802. The van der Waals surface area contributed by atoms with Crippen LogP contribution in [0.15, 0.2) is 6.33 Å². The third-order valence-corrected chi connectivity index (χ3v) is 1.91. The highest BCUT2D eigenvalue weighted by Gasteiger charge is 2.07. The Bertz CT molecular complexity index is 268. The standard InChI is InChI=1S/C9H15N3/c1-6(2)8-7(3)9(10-4)12-5-11-8/h5-6H,1-4H3,(H,10,11,12). The fourth-order valence-corrected chi connectivity index (χ4v) is 1.30. The van der Waals surface area contributed by atoms with Gasteiger partial charge in [-0.15, -0.1) is 0 Å². The Labute approximate surface area is 73.2 Å². The lowest BCUT2D eigenvalue weighted by Crippen LogP contribution is -2.03. The first-order valence-electron chi connectivity index (χ1n) is 4.16. The number of hydrogen-bond acceptors (Lipinski definition) is 3. The van der Waals surface area contributed by atoms with E-state index in [0.717, 1.165) is 17.1 Å². The summed E-state index contributed by atoms with van der Waals surface area (Å²) in [6.45, 7) is 6.31. The van der Waals surface area contributed by atoms with Gasteiger partial charge in [-0.1, -0.05) is 13.8 Å². The van der Waals surface area contributed by atoms with E-state index < -0.39 is 0 Å². The number of hydrogen-bond donors (Lipinski definition) is 1. The molecule has 1 aromatic heterocycles. The van der Waals surface area contributed by atoms with Crippen molar-refractivity contribution in [3.63, 3.8) is 0 Å². The van der Waals surface area contributed by atoms with Gasteiger partial charge in [0.05, 0.1) is 5.69 Å². The van der Waals surface area contributed by atoms with Crippen molar-refractivity contribution in [1.82, 2.24) is 9.97 Å². The fraction of sp³-hybridized carbons (Fsp3) is 0.556. The van der Waals surface area contributed by atoms with Gasteiger partial charge in [-0.25, -0.2) is 9.97 Å². The van der Waals surface area contributed by atoms with Crippen LogP contribution >= 0.6 is 0 Å². The number of rotatable bonds is 2. The number of aromatic nitrogens is 2. The molecule has 3 heteroatoms. The molecule has 1 N–H and O–H groups in total. The maximum atomic E-state index is 4.24. The van der Waals surface area contributed by atoms with E-state index >= 15 is 0 Å². The fourth-order valence-electron chi connectivity index (χ4n) is 1.30. The van der Waals surface area contributed by atoms with Crippen LogP contribution in [0.5, 0.6) is 0 Å². The smallest absolute Gasteiger partial charge is 0.132 e. The van der Waals surface area contributed by atoms with E-state index in [2.05, 4.69) is 29.1 Å². The molecule has 0 aliphatic carbocycles. The molecule has 0 atom stereocenters. The van der Waals surface area contributed by atoms with E-state index in [0.29, 0.717) is 5.92 Å². The van der Waals surface area contributed by atoms with E-state index in [9.17, 15) is 0 Å². The Morgan fingerprint density at radius 1 is 1.33 bits per heavy atom. The minimum absolute atomic E-state index is 0.458. The quantitative estimate of drug-likeness (QED) is 0.727. The molecule has 0 aliphatic heterocycles. The van der Waals surface area contributed by atoms with Crippen LogP contribution in [0.2, 0.25) is 0 Å². The van der Waals surface area contributed by atoms with E-state index in [4.69, 9.17) is 0 Å². The highest BCUT2D eigenvalue weighted by molar-refractivity contribution is 5.44. The monoisotopic (exact) mass is 165 g/mol. The second-order valence-electron chi connectivity index (χ2n) is 3.14. The van der Waals surface area contributed by atoms with Gasteiger partial charge in [-0.3, -0.25) is 0 Å². The van der Waals surface area contributed by atoms with Crippen LogP contribution in [0.3, 0.4) is 0 Å². The van der Waals surface area contributed by atoms with Crippen LogP contribution < -0.4 is 5.32 Å². The van der Waals surface area contributed by atoms with Crippen LogP contribution in [-0.4, -0.2) is 17.0 Å². The zero-order valence-electron chi connectivity index (χ0n) is 8.05. The molecule has 0 spiro atoms. The molecule has 1 heterocycles. The van der Waals surface area contributed by atoms with Crippen molar-refractivity contribution < 1.29 is 0 Å². The molecular weight excluding hydrogens is 150 g/mol. The molecule has 1 rings (SSSR count). The van der Waals surface area contributed by atoms with Gasteiger partial charge in [0.15, 0.2) is 0 Å². The second-order valence-corrected chi connectivity index (χ2v) is 3.14. The summed E-state index contributed by atoms with van der Waals surface area (Å²) in [4.78, 5) is 8.35. The van der Waals surface area contributed by atoms with Gasteiger partial charge in [0.25, 0.3) is 0 Å². The Balaban J connectivity index is 3.14. The van der Waals surface area contributed by atoms with Gasteiger partial charge in [-0.2, -0.15) is 0 Å². The predicted molar refractivity (Wildman–Crippen MR) is 50.4 cm³/mol. The topological polar surface area (TPSA) is 37.8 Å². The van der Waals surface area contributed by atoms with Crippen molar-refractivity contribution in [2.24, 2.45) is 0 Å². The minimum atomic E-state index is 0.458. The van der Waals surface area contributed by atoms with Crippen molar-refractivity contribution in [3.8, 4) is 0 Å². The molecule has 0 saturated heterocycles. The molecule has 12 heavy (non-hydrogen) atoms. The van der Waals surface area contributed by atoms with Crippen molar-refractivity contribution in [2.45, 2.75) is 26.7 Å². The summed E-state index contributed by atoms with van der Waals surface area (Å²) in [5, 5.41) is 3.04. The van der Waals surface area contributed by atoms with E-state index in [1.807, 2.05) is 14.0 Å². The van der Waals surface area contributed by atoms with Crippen LogP contribution in [0.4, 0.5) is 5.82 Å². The van der Waals surface area contributed by atoms with Gasteiger partial charge in [0.2, 0.25) is 0 Å². The van der Waals surface area contributed by atoms with Crippen molar-refractivity contribution in [3.05, 3.63) is 17.6 Å². The first kappa shape index (κ1) is 8.97. The van der Waals surface area contributed by atoms with E-state index in [1.54, 1.807) is 6.33 Å². The Kier molecular flexibility index (Phi) is 2.63. The summed E-state index contributed by atoms with van der Waals surface area (Å²) < 4.78 is 0. The average Bonchev–Trinajstić information content (AvgIpc) is 2.04. The number of anilines is 1. The van der Waals surface area contributed by atoms with Gasteiger partial charge in [-0.05, 0) is 12.8 Å². The summed E-state index contributed by atoms with van der Waals surface area (Å²) in [6, 6.07) is 0. The molecule has 0 radical (unpaired) electrons. The number of nitrogens with zero attached hydrogens (tertiary/aromatic N) is 2. The highest BCUT2D eigenvalue weighted by Crippen LogP contribution is 2.19. The van der Waals surface area contributed by atoms with Gasteiger partial charge in [0.1, 0.15) is 12.1 Å². The molecule has 0 fully saturated rings. The molecule has 3 nitrogen and oxygen atoms in total. The van der Waals surface area contributed by atoms with E-state index in [1.165, 1.54) is 0 Å². The zero-order valence-corrected chi connectivity index (χ0v) is 8.05. The van der Waals surface area contributed by atoms with Crippen LogP contribution in [0.25, 0.3) is 0 Å². The summed E-state index contributed by atoms with van der Waals surface area (Å²) in [6.07, 6.45) is 1.61. The summed E-state index contributed by atoms with van der Waals surface area (Å²) in [7, 11) is 1.87. The van der Waals surface area contributed by atoms with Crippen molar-refractivity contribution in [1.29, 1.82) is 0 Å². The molecule has 0 aliphatic rings. The third-order valence-electron chi connectivity index (χ3n) is 1.91. The SMILES string of the molecule is CNc1ncnc(C(C)C)c1C. The van der Waals surface area contributed by atoms with Gasteiger partial charge >= 0.3 is 0 Å². The molecular formula is C9H15N3. The number of nitrogens with one attached hydrogen (secondary N) is 1. The van der Waals surface area contributed by atoms with Crippen molar-refractivity contribution in [2.75, 3.05) is 12.4 Å². The molecule has 0 aromatic carbocycles. The Morgan fingerprint density at radius 3 is 2.50 bits per heavy atom. The van der Waals surface area contributed by atoms with Gasteiger partial charge < -0.3 is 5.32 Å². The maximum Gasteiger partial charge on any atom is 0.132 e. The Morgan fingerprint density at radius 2 is 2.00 bits per heavy atom. The molecule has 1 aromatic rings. The predicted octanol–water partition coefficient (Wildman–Crippen LogP) is 1.95. The average molecular weight is 165 g/mol. The summed E-state index contributed by atoms with van der Waals surface area (Å²) in [5.74, 6) is 1.38. The maximum absolute atomic E-state index is 4.24. The van der Waals surface area contributed by atoms with E-state index in [-0.39, 0.29) is 0 Å². The molecule has 0 bridgehead atoms. The normalized spacial score (nSPS) is 10.4. The van der Waals surface area contributed by atoms with Crippen LogP contribution in [-0.2, 0) is 0 Å². The molecule has 0 unspecified atom stereocenters. The van der Waals surface area contributed by atoms with Crippen LogP contribution in [0.1, 0.15) is 31.0 Å². The molecule has 0 amide bonds. The highest BCUT2D eigenvalue weighted by atomic mass is 15.0. The zero-order chi connectivity index (χ0) is 9.14. The third kappa shape index (κ3) is 1.55. The lowest BCUT2D eigenvalue weighted by atomic mass is 10.1. The minimum Gasteiger partial charge on any atom is -0.373 e. The summed E-state index contributed by atoms with van der Waals surface area (Å²) in [5.41, 5.74) is 2.27. The largest absolute Gasteiger partial charge is 0.373 e. The molecule has 0 saturated carbocycles. The first-order valence-corrected chi connectivity index (χ1v) is 4.16. The van der Waals surface area contributed by atoms with Gasteiger partial charge in [0, 0.05) is 12.6 Å². The Hall–Kier alpha value is -1.12. The lowest BCUT2D eigenvalue weighted by Gasteiger charge is -2.10. The summed E-state index contributed by atoms with van der Waals surface area (Å²) >= 11 is 0. The second kappa shape index (κ2) is 3.52.